The highest BCUT2D eigenvalue weighted by atomic mass is 16.5. The third-order valence-electron chi connectivity index (χ3n) is 2.03. The first kappa shape index (κ1) is 13.9. The van der Waals surface area contributed by atoms with Crippen molar-refractivity contribution in [2.75, 3.05) is 13.2 Å². The van der Waals surface area contributed by atoms with Crippen LogP contribution in [-0.2, 0) is 14.3 Å². The lowest BCUT2D eigenvalue weighted by Crippen LogP contribution is -2.23. The van der Waals surface area contributed by atoms with Gasteiger partial charge in [0.15, 0.2) is 0 Å². The summed E-state index contributed by atoms with van der Waals surface area (Å²) < 4.78 is 9.82. The van der Waals surface area contributed by atoms with E-state index in [1.165, 1.54) is 0 Å². The van der Waals surface area contributed by atoms with Crippen LogP contribution in [0, 0.1) is 5.41 Å². The van der Waals surface area contributed by atoms with Crippen molar-refractivity contribution in [3.63, 3.8) is 0 Å². The standard InChI is InChI=1S/C13H15NO4/c1-2-17-13(16)12(15)8-10(14)9-18-11-6-4-3-5-7-11/h3-7,14H,2,8-9H2,1H3. The number of ketones is 1. The van der Waals surface area contributed by atoms with Gasteiger partial charge >= 0.3 is 5.97 Å². The SMILES string of the molecule is CCOC(=O)C(=O)CC(=N)COc1ccccc1. The summed E-state index contributed by atoms with van der Waals surface area (Å²) in [4.78, 5) is 22.3. The Kier molecular flexibility index (Phi) is 5.57. The molecule has 0 aliphatic carbocycles. The minimum absolute atomic E-state index is 0.0187. The first-order valence-electron chi connectivity index (χ1n) is 5.57. The van der Waals surface area contributed by atoms with Crippen molar-refractivity contribution in [2.45, 2.75) is 13.3 Å². The molecular weight excluding hydrogens is 234 g/mol. The van der Waals surface area contributed by atoms with E-state index in [1.807, 2.05) is 18.2 Å². The Labute approximate surface area is 105 Å². The number of hydrogen-bond acceptors (Lipinski definition) is 5. The maximum atomic E-state index is 11.3. The largest absolute Gasteiger partial charge is 0.488 e. The summed E-state index contributed by atoms with van der Waals surface area (Å²) in [6.07, 6.45) is -0.272. The van der Waals surface area contributed by atoms with Crippen molar-refractivity contribution in [1.82, 2.24) is 0 Å². The van der Waals surface area contributed by atoms with Crippen LogP contribution in [0.5, 0.6) is 5.75 Å². The summed E-state index contributed by atoms with van der Waals surface area (Å²) in [6, 6.07) is 8.97. The predicted molar refractivity (Wildman–Crippen MR) is 65.9 cm³/mol. The van der Waals surface area contributed by atoms with Gasteiger partial charge in [-0.1, -0.05) is 18.2 Å². The number of rotatable bonds is 7. The van der Waals surface area contributed by atoms with Crippen LogP contribution in [0.4, 0.5) is 0 Å². The van der Waals surface area contributed by atoms with E-state index in [-0.39, 0.29) is 25.3 Å². The lowest BCUT2D eigenvalue weighted by Gasteiger charge is -2.06. The van der Waals surface area contributed by atoms with Crippen molar-refractivity contribution in [1.29, 1.82) is 5.41 Å². The van der Waals surface area contributed by atoms with Gasteiger partial charge in [0.25, 0.3) is 0 Å². The molecule has 5 heteroatoms. The first-order valence-corrected chi connectivity index (χ1v) is 5.57. The first-order chi connectivity index (χ1) is 8.63. The number of nitrogens with one attached hydrogen (secondary N) is 1. The zero-order chi connectivity index (χ0) is 13.4. The maximum Gasteiger partial charge on any atom is 0.374 e. The van der Waals surface area contributed by atoms with E-state index in [1.54, 1.807) is 19.1 Å². The molecule has 0 unspecified atom stereocenters. The van der Waals surface area contributed by atoms with Gasteiger partial charge in [-0.15, -0.1) is 0 Å². The van der Waals surface area contributed by atoms with E-state index in [0.717, 1.165) is 0 Å². The average Bonchev–Trinajstić information content (AvgIpc) is 2.38. The van der Waals surface area contributed by atoms with Gasteiger partial charge in [-0.3, -0.25) is 4.79 Å². The number of carbonyl (C=O) groups excluding carboxylic acids is 2. The van der Waals surface area contributed by atoms with E-state index in [0.29, 0.717) is 5.75 Å². The number of benzene rings is 1. The van der Waals surface area contributed by atoms with Gasteiger partial charge in [-0.05, 0) is 19.1 Å². The molecule has 1 aromatic rings. The number of hydrogen-bond donors (Lipinski definition) is 1. The molecule has 0 atom stereocenters. The summed E-state index contributed by atoms with van der Waals surface area (Å²) in [5.74, 6) is -1.01. The van der Waals surface area contributed by atoms with Crippen LogP contribution in [0.3, 0.4) is 0 Å². The van der Waals surface area contributed by atoms with Gasteiger partial charge in [-0.25, -0.2) is 4.79 Å². The lowest BCUT2D eigenvalue weighted by atomic mass is 10.2. The van der Waals surface area contributed by atoms with Crippen LogP contribution >= 0.6 is 0 Å². The Morgan fingerprint density at radius 3 is 2.50 bits per heavy atom. The van der Waals surface area contributed by atoms with E-state index in [9.17, 15) is 9.59 Å². The van der Waals surface area contributed by atoms with Gasteiger partial charge in [0.1, 0.15) is 12.4 Å². The summed E-state index contributed by atoms with van der Waals surface area (Å²) in [5, 5.41) is 7.54. The van der Waals surface area contributed by atoms with Gasteiger partial charge in [0.05, 0.1) is 18.7 Å². The Bertz CT molecular complexity index is 428. The van der Waals surface area contributed by atoms with Crippen molar-refractivity contribution < 1.29 is 19.1 Å². The fourth-order valence-corrected chi connectivity index (χ4v) is 1.22. The molecule has 1 N–H and O–H groups in total. The molecule has 0 radical (unpaired) electrons. The second-order valence-corrected chi connectivity index (χ2v) is 3.53. The monoisotopic (exact) mass is 249 g/mol. The molecule has 1 aromatic carbocycles. The van der Waals surface area contributed by atoms with Crippen LogP contribution in [0.15, 0.2) is 30.3 Å². The van der Waals surface area contributed by atoms with Gasteiger partial charge in [0, 0.05) is 0 Å². The molecule has 0 fully saturated rings. The van der Waals surface area contributed by atoms with Crippen LogP contribution in [0.2, 0.25) is 0 Å². The number of Topliss-reactive ketones (excluding diaryl/α,β-unsaturated/α-hetero) is 1. The Hall–Kier alpha value is -2.17. The highest BCUT2D eigenvalue weighted by molar-refractivity contribution is 6.37. The van der Waals surface area contributed by atoms with Crippen LogP contribution in [0.25, 0.3) is 0 Å². The lowest BCUT2D eigenvalue weighted by molar-refractivity contribution is -0.153. The van der Waals surface area contributed by atoms with Crippen LogP contribution in [0.1, 0.15) is 13.3 Å². The Morgan fingerprint density at radius 1 is 1.22 bits per heavy atom. The molecule has 0 saturated carbocycles. The van der Waals surface area contributed by atoms with Crippen molar-refractivity contribution in [2.24, 2.45) is 0 Å². The highest BCUT2D eigenvalue weighted by Crippen LogP contribution is 2.08. The van der Waals surface area contributed by atoms with E-state index >= 15 is 0 Å². The number of esters is 1. The van der Waals surface area contributed by atoms with Crippen molar-refractivity contribution >= 4 is 17.5 Å². The van der Waals surface area contributed by atoms with Crippen LogP contribution in [-0.4, -0.2) is 30.7 Å². The molecule has 0 aliphatic heterocycles. The summed E-state index contributed by atoms with van der Waals surface area (Å²) >= 11 is 0. The molecule has 0 aromatic heterocycles. The third-order valence-corrected chi connectivity index (χ3v) is 2.03. The molecule has 0 saturated heterocycles. The molecule has 0 amide bonds. The van der Waals surface area contributed by atoms with E-state index < -0.39 is 11.8 Å². The quantitative estimate of drug-likeness (QED) is 0.452. The van der Waals surface area contributed by atoms with Gasteiger partial charge in [0.2, 0.25) is 5.78 Å². The molecule has 5 nitrogen and oxygen atoms in total. The van der Waals surface area contributed by atoms with Crippen molar-refractivity contribution in [3.8, 4) is 5.75 Å². The zero-order valence-electron chi connectivity index (χ0n) is 10.1. The highest BCUT2D eigenvalue weighted by Gasteiger charge is 2.16. The predicted octanol–water partition coefficient (Wildman–Crippen LogP) is 1.61. The number of para-hydroxylation sites is 1. The molecule has 0 spiro atoms. The van der Waals surface area contributed by atoms with E-state index in [2.05, 4.69) is 4.74 Å². The summed E-state index contributed by atoms with van der Waals surface area (Å²) in [5.41, 5.74) is 0.0388. The third kappa shape index (κ3) is 4.78. The molecule has 18 heavy (non-hydrogen) atoms. The normalized spacial score (nSPS) is 9.61. The minimum Gasteiger partial charge on any atom is -0.488 e. The van der Waals surface area contributed by atoms with Gasteiger partial charge < -0.3 is 14.9 Å². The van der Waals surface area contributed by atoms with Gasteiger partial charge in [-0.2, -0.15) is 0 Å². The van der Waals surface area contributed by atoms with Crippen molar-refractivity contribution in [3.05, 3.63) is 30.3 Å². The number of carbonyl (C=O) groups is 2. The Morgan fingerprint density at radius 2 is 1.89 bits per heavy atom. The second-order valence-electron chi connectivity index (χ2n) is 3.53. The Balaban J connectivity index is 2.34. The molecule has 0 heterocycles. The topological polar surface area (TPSA) is 76.5 Å². The summed E-state index contributed by atoms with van der Waals surface area (Å²) in [7, 11) is 0. The second kappa shape index (κ2) is 7.21. The molecular formula is C13H15NO4. The number of ether oxygens (including phenoxy) is 2. The maximum absolute atomic E-state index is 11.3. The average molecular weight is 249 g/mol. The summed E-state index contributed by atoms with van der Waals surface area (Å²) in [6.45, 7) is 1.75. The molecule has 0 aliphatic rings. The minimum atomic E-state index is -0.901. The van der Waals surface area contributed by atoms with E-state index in [4.69, 9.17) is 10.1 Å². The fraction of sp³-hybridized carbons (Fsp3) is 0.308. The smallest absolute Gasteiger partial charge is 0.374 e. The molecule has 1 rings (SSSR count). The molecule has 96 valence electrons. The van der Waals surface area contributed by atoms with Crippen LogP contribution < -0.4 is 4.74 Å². The fourth-order valence-electron chi connectivity index (χ4n) is 1.22. The molecule has 0 bridgehead atoms. The zero-order valence-corrected chi connectivity index (χ0v) is 10.1.